The maximum atomic E-state index is 6.26. The second-order valence-corrected chi connectivity index (χ2v) is 5.72. The van der Waals surface area contributed by atoms with E-state index in [1.54, 1.807) is 0 Å². The van der Waals surface area contributed by atoms with Crippen LogP contribution >= 0.6 is 11.6 Å². The van der Waals surface area contributed by atoms with Gasteiger partial charge in [-0.3, -0.25) is 0 Å². The lowest BCUT2D eigenvalue weighted by atomic mass is 10.2. The molecule has 1 heterocycles. The van der Waals surface area contributed by atoms with E-state index in [1.807, 2.05) is 36.7 Å². The van der Waals surface area contributed by atoms with Crippen molar-refractivity contribution in [2.75, 3.05) is 0 Å². The maximum absolute atomic E-state index is 6.26. The molecule has 6 heteroatoms. The summed E-state index contributed by atoms with van der Waals surface area (Å²) in [6, 6.07) is 6.27. The van der Waals surface area contributed by atoms with Gasteiger partial charge in [-0.2, -0.15) is 0 Å². The monoisotopic (exact) mass is 308 g/mol. The van der Waals surface area contributed by atoms with Crippen molar-refractivity contribution in [3.8, 4) is 5.75 Å². The predicted octanol–water partition coefficient (Wildman–Crippen LogP) is 2.85. The van der Waals surface area contributed by atoms with Gasteiger partial charge in [-0.15, -0.1) is 10.2 Å². The summed E-state index contributed by atoms with van der Waals surface area (Å²) in [5.74, 6) is 2.29. The Morgan fingerprint density at radius 2 is 2.10 bits per heavy atom. The molecule has 0 atom stereocenters. The molecule has 0 aliphatic heterocycles. The topological polar surface area (TPSA) is 52.0 Å². The summed E-state index contributed by atoms with van der Waals surface area (Å²) in [5, 5.41) is 12.0. The molecule has 0 aliphatic rings. The van der Waals surface area contributed by atoms with Crippen LogP contribution in [0.3, 0.4) is 0 Å². The van der Waals surface area contributed by atoms with Gasteiger partial charge in [0.1, 0.15) is 18.2 Å². The van der Waals surface area contributed by atoms with Gasteiger partial charge in [-0.1, -0.05) is 31.5 Å². The van der Waals surface area contributed by atoms with Gasteiger partial charge < -0.3 is 14.6 Å². The zero-order valence-corrected chi connectivity index (χ0v) is 13.6. The van der Waals surface area contributed by atoms with Crippen molar-refractivity contribution in [3.05, 3.63) is 40.4 Å². The third-order valence-electron chi connectivity index (χ3n) is 3.25. The zero-order valence-electron chi connectivity index (χ0n) is 12.9. The quantitative estimate of drug-likeness (QED) is 0.891. The van der Waals surface area contributed by atoms with E-state index in [0.717, 1.165) is 23.8 Å². The van der Waals surface area contributed by atoms with Crippen molar-refractivity contribution in [3.63, 3.8) is 0 Å². The number of rotatable bonds is 6. The van der Waals surface area contributed by atoms with E-state index in [0.29, 0.717) is 23.4 Å². The Morgan fingerprint density at radius 1 is 1.33 bits per heavy atom. The van der Waals surface area contributed by atoms with Crippen LogP contribution in [0.15, 0.2) is 18.2 Å². The van der Waals surface area contributed by atoms with Crippen LogP contribution in [0.2, 0.25) is 5.02 Å². The fraction of sp³-hybridized carbons (Fsp3) is 0.467. The Labute approximate surface area is 130 Å². The minimum Gasteiger partial charge on any atom is -0.484 e. The van der Waals surface area contributed by atoms with Crippen molar-refractivity contribution in [2.24, 2.45) is 7.05 Å². The summed E-state index contributed by atoms with van der Waals surface area (Å²) in [5.41, 5.74) is 1.13. The molecular weight excluding hydrogens is 288 g/mol. The molecule has 2 aromatic rings. The number of benzene rings is 1. The molecule has 0 aliphatic carbocycles. The molecule has 0 saturated carbocycles. The molecule has 114 valence electrons. The SMILES string of the molecule is Cc1nnc(COc2ccc(CNC(C)C)cc2Cl)n1C. The van der Waals surface area contributed by atoms with E-state index in [1.165, 1.54) is 0 Å². The molecule has 5 nitrogen and oxygen atoms in total. The van der Waals surface area contributed by atoms with Crippen LogP contribution in [0.25, 0.3) is 0 Å². The van der Waals surface area contributed by atoms with E-state index < -0.39 is 0 Å². The summed E-state index contributed by atoms with van der Waals surface area (Å²) < 4.78 is 7.62. The van der Waals surface area contributed by atoms with Crippen LogP contribution in [0.4, 0.5) is 0 Å². The van der Waals surface area contributed by atoms with Crippen molar-refractivity contribution >= 4 is 11.6 Å². The largest absolute Gasteiger partial charge is 0.484 e. The summed E-state index contributed by atoms with van der Waals surface area (Å²) in [6.07, 6.45) is 0. The summed E-state index contributed by atoms with van der Waals surface area (Å²) in [4.78, 5) is 0. The number of nitrogens with zero attached hydrogens (tertiary/aromatic N) is 3. The molecule has 21 heavy (non-hydrogen) atoms. The Bertz CT molecular complexity index is 610. The molecule has 0 saturated heterocycles. The predicted molar refractivity (Wildman–Crippen MR) is 83.5 cm³/mol. The van der Waals surface area contributed by atoms with Crippen LogP contribution < -0.4 is 10.1 Å². The van der Waals surface area contributed by atoms with Crippen molar-refractivity contribution in [1.82, 2.24) is 20.1 Å². The highest BCUT2D eigenvalue weighted by molar-refractivity contribution is 6.32. The number of halogens is 1. The molecule has 1 N–H and O–H groups in total. The van der Waals surface area contributed by atoms with E-state index >= 15 is 0 Å². The zero-order chi connectivity index (χ0) is 15.4. The van der Waals surface area contributed by atoms with Gasteiger partial charge in [0.2, 0.25) is 0 Å². The highest BCUT2D eigenvalue weighted by atomic mass is 35.5. The highest BCUT2D eigenvalue weighted by Gasteiger charge is 2.08. The summed E-state index contributed by atoms with van der Waals surface area (Å²) in [7, 11) is 1.91. The minimum atomic E-state index is 0.348. The Hall–Kier alpha value is -1.59. The number of aromatic nitrogens is 3. The number of nitrogens with one attached hydrogen (secondary N) is 1. The van der Waals surface area contributed by atoms with Gasteiger partial charge in [-0.05, 0) is 24.6 Å². The van der Waals surface area contributed by atoms with E-state index in [4.69, 9.17) is 16.3 Å². The average molecular weight is 309 g/mol. The van der Waals surface area contributed by atoms with Gasteiger partial charge in [0, 0.05) is 19.6 Å². The molecule has 0 spiro atoms. The molecule has 1 aromatic heterocycles. The lowest BCUT2D eigenvalue weighted by Gasteiger charge is -2.11. The Morgan fingerprint density at radius 3 is 2.67 bits per heavy atom. The number of ether oxygens (including phenoxy) is 1. The second-order valence-electron chi connectivity index (χ2n) is 5.31. The average Bonchev–Trinajstić information content (AvgIpc) is 2.75. The molecule has 0 unspecified atom stereocenters. The first-order chi connectivity index (χ1) is 9.97. The van der Waals surface area contributed by atoms with Crippen molar-refractivity contribution in [1.29, 1.82) is 0 Å². The summed E-state index contributed by atoms with van der Waals surface area (Å²) >= 11 is 6.26. The smallest absolute Gasteiger partial charge is 0.170 e. The van der Waals surface area contributed by atoms with Gasteiger partial charge in [0.15, 0.2) is 5.82 Å². The van der Waals surface area contributed by atoms with E-state index in [-0.39, 0.29) is 0 Å². The highest BCUT2D eigenvalue weighted by Crippen LogP contribution is 2.26. The number of aryl methyl sites for hydroxylation is 1. The molecule has 0 bridgehead atoms. The fourth-order valence-corrected chi connectivity index (χ4v) is 2.07. The minimum absolute atomic E-state index is 0.348. The molecule has 0 amide bonds. The van der Waals surface area contributed by atoms with Crippen LogP contribution in [-0.2, 0) is 20.2 Å². The third kappa shape index (κ3) is 4.19. The van der Waals surface area contributed by atoms with Gasteiger partial charge >= 0.3 is 0 Å². The number of hydrogen-bond donors (Lipinski definition) is 1. The molecular formula is C15H21ClN4O. The molecule has 0 radical (unpaired) electrons. The van der Waals surface area contributed by atoms with Crippen LogP contribution in [0.1, 0.15) is 31.1 Å². The maximum Gasteiger partial charge on any atom is 0.170 e. The molecule has 0 fully saturated rings. The van der Waals surface area contributed by atoms with Gasteiger partial charge in [0.25, 0.3) is 0 Å². The second kappa shape index (κ2) is 6.91. The molecule has 2 rings (SSSR count). The van der Waals surface area contributed by atoms with Gasteiger partial charge in [-0.25, -0.2) is 0 Å². The first-order valence-corrected chi connectivity index (χ1v) is 7.34. The molecule has 1 aromatic carbocycles. The number of hydrogen-bond acceptors (Lipinski definition) is 4. The summed E-state index contributed by atoms with van der Waals surface area (Å²) in [6.45, 7) is 7.27. The normalized spacial score (nSPS) is 11.1. The van der Waals surface area contributed by atoms with Crippen LogP contribution in [-0.4, -0.2) is 20.8 Å². The lowest BCUT2D eigenvalue weighted by Crippen LogP contribution is -2.21. The van der Waals surface area contributed by atoms with Crippen LogP contribution in [0, 0.1) is 6.92 Å². The van der Waals surface area contributed by atoms with Crippen molar-refractivity contribution < 1.29 is 4.74 Å². The lowest BCUT2D eigenvalue weighted by molar-refractivity contribution is 0.291. The standard InChI is InChI=1S/C15H21ClN4O/c1-10(2)17-8-12-5-6-14(13(16)7-12)21-9-15-19-18-11(3)20(15)4/h5-7,10,17H,8-9H2,1-4H3. The van der Waals surface area contributed by atoms with Crippen LogP contribution in [0.5, 0.6) is 5.75 Å². The first kappa shape index (κ1) is 15.8. The third-order valence-corrected chi connectivity index (χ3v) is 3.55. The first-order valence-electron chi connectivity index (χ1n) is 6.97. The Kier molecular flexibility index (Phi) is 5.20. The fourth-order valence-electron chi connectivity index (χ4n) is 1.81. The van der Waals surface area contributed by atoms with E-state index in [2.05, 4.69) is 29.4 Å². The Balaban J connectivity index is 1.99. The van der Waals surface area contributed by atoms with Gasteiger partial charge in [0.05, 0.1) is 5.02 Å². The van der Waals surface area contributed by atoms with Crippen molar-refractivity contribution in [2.45, 2.75) is 40.0 Å². The van der Waals surface area contributed by atoms with E-state index in [9.17, 15) is 0 Å².